The van der Waals surface area contributed by atoms with E-state index < -0.39 is 5.97 Å². The first kappa shape index (κ1) is 34.7. The third-order valence-electron chi connectivity index (χ3n) is 9.64. The van der Waals surface area contributed by atoms with Gasteiger partial charge in [0, 0.05) is 53.8 Å². The Bertz CT molecular complexity index is 1860. The number of aromatic nitrogens is 3. The number of hydrogen-bond donors (Lipinski definition) is 1. The van der Waals surface area contributed by atoms with E-state index in [2.05, 4.69) is 59.5 Å². The molecule has 5 aromatic rings. The van der Waals surface area contributed by atoms with Crippen LogP contribution in [0.2, 0.25) is 0 Å². The van der Waals surface area contributed by atoms with Crippen molar-refractivity contribution in [2.45, 2.75) is 97.2 Å². The van der Waals surface area contributed by atoms with E-state index >= 15 is 0 Å². The van der Waals surface area contributed by atoms with Gasteiger partial charge in [0.2, 0.25) is 0 Å². The minimum absolute atomic E-state index is 0.388. The van der Waals surface area contributed by atoms with Gasteiger partial charge in [0.15, 0.2) is 0 Å². The highest BCUT2D eigenvalue weighted by Gasteiger charge is 2.35. The van der Waals surface area contributed by atoms with E-state index in [1.807, 2.05) is 24.3 Å². The molecule has 0 unspecified atom stereocenters. The van der Waals surface area contributed by atoms with Crippen molar-refractivity contribution in [1.82, 2.24) is 14.3 Å². The number of aryl methyl sites for hydroxylation is 2. The first-order valence-corrected chi connectivity index (χ1v) is 18.2. The van der Waals surface area contributed by atoms with Gasteiger partial charge in [-0.15, -0.1) is 0 Å². The van der Waals surface area contributed by atoms with Crippen LogP contribution in [0, 0.1) is 0 Å². The Hall–Kier alpha value is -4.14. The molecule has 1 fully saturated rings. The second-order valence-electron chi connectivity index (χ2n) is 13.2. The number of unbranched alkanes of at least 4 members (excludes halogenated alkanes) is 2. The summed E-state index contributed by atoms with van der Waals surface area (Å²) in [6.45, 7) is 7.86. The van der Waals surface area contributed by atoms with Gasteiger partial charge in [-0.05, 0) is 55.5 Å². The summed E-state index contributed by atoms with van der Waals surface area (Å²) >= 11 is 0. The standard InChI is InChI=1S/C36H39N3O5.C5H12/c1-42-22-19-39-33(25-16-17-25)32-29-13-7-12-27-28(14-8-21-44-31-15-6-10-24-9-2-3-11-26(24)31)35(36(40)41)38(34(27)29)18-4-5-20-43-23-30(32)37-39;1-3-5-4-2/h2-3,6-7,9-13,15,25H,4-5,8,14,16-23H2,1H3,(H,40,41);3-5H2,1-2H3. The number of para-hydroxylation sites is 1. The van der Waals surface area contributed by atoms with Crippen LogP contribution in [0.3, 0.4) is 0 Å². The summed E-state index contributed by atoms with van der Waals surface area (Å²) in [7, 11) is 1.72. The zero-order valence-corrected chi connectivity index (χ0v) is 29.4. The van der Waals surface area contributed by atoms with Crippen molar-refractivity contribution in [3.05, 3.63) is 83.3 Å². The molecule has 0 spiro atoms. The van der Waals surface area contributed by atoms with Crippen molar-refractivity contribution in [3.8, 4) is 16.9 Å². The van der Waals surface area contributed by atoms with Crippen LogP contribution in [0.15, 0.2) is 60.7 Å². The zero-order valence-electron chi connectivity index (χ0n) is 29.4. The van der Waals surface area contributed by atoms with E-state index in [1.54, 1.807) is 7.11 Å². The molecule has 3 heterocycles. The summed E-state index contributed by atoms with van der Waals surface area (Å²) in [5.74, 6) is 0.409. The van der Waals surface area contributed by atoms with Crippen LogP contribution in [0.25, 0.3) is 32.8 Å². The van der Waals surface area contributed by atoms with E-state index in [-0.39, 0.29) is 0 Å². The van der Waals surface area contributed by atoms with E-state index in [0.717, 1.165) is 75.5 Å². The maximum absolute atomic E-state index is 13.0. The predicted octanol–water partition coefficient (Wildman–Crippen LogP) is 9.40. The smallest absolute Gasteiger partial charge is 0.352 e. The van der Waals surface area contributed by atoms with Gasteiger partial charge in [0.25, 0.3) is 0 Å². The number of carbonyl (C=O) groups is 1. The van der Waals surface area contributed by atoms with Gasteiger partial charge >= 0.3 is 5.97 Å². The molecule has 0 amide bonds. The molecule has 2 aromatic heterocycles. The highest BCUT2D eigenvalue weighted by atomic mass is 16.5. The third-order valence-corrected chi connectivity index (χ3v) is 9.64. The first-order chi connectivity index (χ1) is 24.1. The van der Waals surface area contributed by atoms with Crippen LogP contribution in [0.1, 0.15) is 98.6 Å². The molecule has 8 heteroatoms. The molecular formula is C41H51N3O5. The normalized spacial score (nSPS) is 14.6. The minimum atomic E-state index is -0.887. The van der Waals surface area contributed by atoms with Crippen LogP contribution < -0.4 is 4.74 Å². The molecule has 49 heavy (non-hydrogen) atoms. The number of ether oxygens (including phenoxy) is 3. The van der Waals surface area contributed by atoms with Crippen LogP contribution in [-0.2, 0) is 35.6 Å². The van der Waals surface area contributed by atoms with Gasteiger partial charge in [0.1, 0.15) is 11.4 Å². The lowest BCUT2D eigenvalue weighted by molar-refractivity contribution is 0.0683. The Morgan fingerprint density at radius 3 is 2.49 bits per heavy atom. The average Bonchev–Trinajstić information content (AvgIpc) is 3.82. The summed E-state index contributed by atoms with van der Waals surface area (Å²) in [6.07, 6.45) is 9.34. The molecule has 1 N–H and O–H groups in total. The Morgan fingerprint density at radius 2 is 1.73 bits per heavy atom. The second-order valence-corrected chi connectivity index (χ2v) is 13.2. The average molecular weight is 666 g/mol. The van der Waals surface area contributed by atoms with Crippen LogP contribution >= 0.6 is 0 Å². The van der Waals surface area contributed by atoms with E-state index in [1.165, 1.54) is 25.0 Å². The van der Waals surface area contributed by atoms with Crippen LogP contribution in [-0.4, -0.2) is 52.4 Å². The predicted molar refractivity (Wildman–Crippen MR) is 196 cm³/mol. The molecule has 1 aliphatic heterocycles. The fraction of sp³-hybridized carbons (Fsp3) is 0.463. The molecule has 0 radical (unpaired) electrons. The lowest BCUT2D eigenvalue weighted by Gasteiger charge is -2.13. The van der Waals surface area contributed by atoms with Crippen molar-refractivity contribution < 1.29 is 24.1 Å². The maximum Gasteiger partial charge on any atom is 0.352 e. The zero-order chi connectivity index (χ0) is 34.2. The molecule has 7 rings (SSSR count). The molecule has 0 bridgehead atoms. The van der Waals surface area contributed by atoms with Crippen molar-refractivity contribution in [3.63, 3.8) is 0 Å². The van der Waals surface area contributed by atoms with Crippen LogP contribution in [0.4, 0.5) is 0 Å². The van der Waals surface area contributed by atoms with E-state index in [4.69, 9.17) is 19.3 Å². The maximum atomic E-state index is 13.0. The van der Waals surface area contributed by atoms with Gasteiger partial charge in [-0.25, -0.2) is 4.79 Å². The van der Waals surface area contributed by atoms with Gasteiger partial charge < -0.3 is 23.9 Å². The Balaban J connectivity index is 0.000000778. The molecule has 0 atom stereocenters. The highest BCUT2D eigenvalue weighted by Crippen LogP contribution is 2.48. The van der Waals surface area contributed by atoms with Crippen molar-refractivity contribution >= 4 is 27.6 Å². The number of rotatable bonds is 12. The van der Waals surface area contributed by atoms with Gasteiger partial charge in [-0.2, -0.15) is 5.10 Å². The fourth-order valence-corrected chi connectivity index (χ4v) is 7.19. The molecule has 1 saturated carbocycles. The number of benzene rings is 3. The lowest BCUT2D eigenvalue weighted by atomic mass is 9.96. The van der Waals surface area contributed by atoms with Gasteiger partial charge in [-0.3, -0.25) is 4.68 Å². The summed E-state index contributed by atoms with van der Waals surface area (Å²) < 4.78 is 22.0. The molecule has 260 valence electrons. The number of carboxylic acids is 1. The SMILES string of the molecule is CCCCC.COCCn1nc2c(c1C1CC1)-c1cccc3c(CCCOc4cccc5ccccc45)c(C(=O)O)n(c13)CCCCOC2. The molecule has 0 saturated heterocycles. The fourth-order valence-electron chi connectivity index (χ4n) is 7.19. The number of hydrogen-bond acceptors (Lipinski definition) is 5. The largest absolute Gasteiger partial charge is 0.493 e. The first-order valence-electron chi connectivity index (χ1n) is 18.2. The Morgan fingerprint density at radius 1 is 0.959 bits per heavy atom. The summed E-state index contributed by atoms with van der Waals surface area (Å²) in [4.78, 5) is 13.0. The molecule has 3 aromatic carbocycles. The molecule has 1 aliphatic carbocycles. The number of methoxy groups -OCH3 is 1. The molecule has 2 aliphatic rings. The second kappa shape index (κ2) is 16.5. The summed E-state index contributed by atoms with van der Waals surface area (Å²) in [5, 5.41) is 18.9. The minimum Gasteiger partial charge on any atom is -0.493 e. The topological polar surface area (TPSA) is 87.7 Å². The van der Waals surface area contributed by atoms with Crippen molar-refractivity contribution in [2.75, 3.05) is 26.9 Å². The van der Waals surface area contributed by atoms with Crippen molar-refractivity contribution in [1.29, 1.82) is 0 Å². The number of nitrogens with zero attached hydrogens (tertiary/aromatic N) is 3. The summed E-state index contributed by atoms with van der Waals surface area (Å²) in [6, 6.07) is 20.6. The monoisotopic (exact) mass is 665 g/mol. The number of aromatic carboxylic acids is 1. The summed E-state index contributed by atoms with van der Waals surface area (Å²) in [5.41, 5.74) is 6.57. The number of fused-ring (bicyclic) bond motifs is 3. The van der Waals surface area contributed by atoms with Crippen molar-refractivity contribution in [2.24, 2.45) is 0 Å². The quantitative estimate of drug-likeness (QED) is 0.134. The van der Waals surface area contributed by atoms with Gasteiger partial charge in [-0.1, -0.05) is 87.7 Å². The Kier molecular flexibility index (Phi) is 11.7. The van der Waals surface area contributed by atoms with Gasteiger partial charge in [0.05, 0.1) is 37.6 Å². The molecule has 8 nitrogen and oxygen atoms in total. The lowest BCUT2D eigenvalue weighted by Crippen LogP contribution is -2.12. The number of carboxylic acid groups (broad SMARTS) is 1. The van der Waals surface area contributed by atoms with E-state index in [0.29, 0.717) is 64.0 Å². The molecular weight excluding hydrogens is 614 g/mol. The van der Waals surface area contributed by atoms with Crippen LogP contribution in [0.5, 0.6) is 5.75 Å². The van der Waals surface area contributed by atoms with E-state index in [9.17, 15) is 9.90 Å². The third kappa shape index (κ3) is 7.71. The highest BCUT2D eigenvalue weighted by molar-refractivity contribution is 6.04. The Labute approximate surface area is 290 Å².